The van der Waals surface area contributed by atoms with Crippen molar-refractivity contribution in [2.45, 2.75) is 38.9 Å². The van der Waals surface area contributed by atoms with Crippen LogP contribution in [0.4, 0.5) is 0 Å². The number of para-hydroxylation sites is 2. The van der Waals surface area contributed by atoms with Crippen molar-refractivity contribution in [1.82, 2.24) is 29.5 Å². The smallest absolute Gasteiger partial charge is 0.223 e. The third kappa shape index (κ3) is 3.42. The number of hydrogen-bond acceptors (Lipinski definition) is 4. The molecule has 1 amide bonds. The highest BCUT2D eigenvalue weighted by atomic mass is 16.2. The molecule has 1 saturated heterocycles. The van der Waals surface area contributed by atoms with Crippen LogP contribution in [0.5, 0.6) is 0 Å². The van der Waals surface area contributed by atoms with Crippen LogP contribution in [0.2, 0.25) is 0 Å². The van der Waals surface area contributed by atoms with Gasteiger partial charge in [-0.25, -0.2) is 4.98 Å². The maximum Gasteiger partial charge on any atom is 0.223 e. The summed E-state index contributed by atoms with van der Waals surface area (Å²) in [4.78, 5) is 19.0. The number of hydrogen-bond donors (Lipinski definition) is 1. The van der Waals surface area contributed by atoms with Gasteiger partial charge in [0.05, 0.1) is 29.8 Å². The molecule has 2 aromatic heterocycles. The summed E-state index contributed by atoms with van der Waals surface area (Å²) < 4.78 is 4.09. The lowest BCUT2D eigenvalue weighted by molar-refractivity contribution is -0.127. The van der Waals surface area contributed by atoms with Gasteiger partial charge >= 0.3 is 0 Å². The summed E-state index contributed by atoms with van der Waals surface area (Å²) in [6, 6.07) is 8.36. The fourth-order valence-electron chi connectivity index (χ4n) is 4.33. The van der Waals surface area contributed by atoms with E-state index in [0.717, 1.165) is 36.4 Å². The third-order valence-corrected chi connectivity index (χ3v) is 5.63. The second-order valence-corrected chi connectivity index (χ2v) is 7.66. The second-order valence-electron chi connectivity index (χ2n) is 7.66. The highest BCUT2D eigenvalue weighted by molar-refractivity contribution is 5.79. The van der Waals surface area contributed by atoms with Gasteiger partial charge in [-0.1, -0.05) is 19.1 Å². The fourth-order valence-corrected chi connectivity index (χ4v) is 4.33. The van der Waals surface area contributed by atoms with Crippen LogP contribution in [0.1, 0.15) is 37.2 Å². The Bertz CT molecular complexity index is 974. The Morgan fingerprint density at radius 3 is 2.82 bits per heavy atom. The molecule has 3 aromatic rings. The number of aromatic nitrogens is 4. The zero-order valence-electron chi connectivity index (χ0n) is 16.8. The molecule has 7 heteroatoms. The lowest BCUT2D eigenvalue weighted by Crippen LogP contribution is -2.29. The molecule has 0 unspecified atom stereocenters. The molecule has 4 rings (SSSR count). The minimum absolute atomic E-state index is 0.0724. The molecular formula is C21H28N6O. The fraction of sp³-hybridized carbons (Fsp3) is 0.476. The Balaban J connectivity index is 1.48. The molecule has 0 radical (unpaired) electrons. The number of nitrogens with one attached hydrogen (secondary N) is 1. The van der Waals surface area contributed by atoms with E-state index in [0.29, 0.717) is 13.0 Å². The molecule has 7 nitrogen and oxygen atoms in total. The normalized spacial score (nSPS) is 19.8. The van der Waals surface area contributed by atoms with Crippen LogP contribution >= 0.6 is 0 Å². The molecule has 3 heterocycles. The van der Waals surface area contributed by atoms with Crippen LogP contribution < -0.4 is 5.32 Å². The first kappa shape index (κ1) is 18.7. The van der Waals surface area contributed by atoms with Crippen molar-refractivity contribution in [2.75, 3.05) is 13.6 Å². The molecule has 1 aromatic carbocycles. The van der Waals surface area contributed by atoms with Gasteiger partial charge in [0, 0.05) is 51.3 Å². The first-order chi connectivity index (χ1) is 13.6. The van der Waals surface area contributed by atoms with E-state index in [9.17, 15) is 4.79 Å². The van der Waals surface area contributed by atoms with Crippen LogP contribution in [-0.2, 0) is 24.9 Å². The Morgan fingerprint density at radius 1 is 1.25 bits per heavy atom. The number of nitrogens with zero attached hydrogens (tertiary/aromatic N) is 5. The van der Waals surface area contributed by atoms with Crippen LogP contribution in [-0.4, -0.2) is 43.7 Å². The maximum atomic E-state index is 12.3. The van der Waals surface area contributed by atoms with Crippen molar-refractivity contribution in [3.63, 3.8) is 0 Å². The standard InChI is InChI=1S/C21H28N6O/c1-4-9-27-18-8-6-5-7-17(18)24-19(27)13-22-11-15-10-20(28)26(3)21(15)16-12-23-25(2)14-16/h5-8,12,14-15,21-22H,4,9-11,13H2,1-3H3/t15-,21+/m0/s1. The van der Waals surface area contributed by atoms with E-state index < -0.39 is 0 Å². The van der Waals surface area contributed by atoms with Gasteiger partial charge < -0.3 is 14.8 Å². The van der Waals surface area contributed by atoms with E-state index in [2.05, 4.69) is 40.1 Å². The highest BCUT2D eigenvalue weighted by Crippen LogP contribution is 2.36. The zero-order chi connectivity index (χ0) is 19.7. The third-order valence-electron chi connectivity index (χ3n) is 5.63. The molecule has 0 aliphatic carbocycles. The summed E-state index contributed by atoms with van der Waals surface area (Å²) in [5.74, 6) is 1.48. The van der Waals surface area contributed by atoms with Gasteiger partial charge in [-0.2, -0.15) is 5.10 Å². The number of aryl methyl sites for hydroxylation is 2. The molecule has 0 spiro atoms. The second kappa shape index (κ2) is 7.75. The van der Waals surface area contributed by atoms with Gasteiger partial charge in [-0.15, -0.1) is 0 Å². The average molecular weight is 380 g/mol. The summed E-state index contributed by atoms with van der Waals surface area (Å²) >= 11 is 0. The predicted octanol–water partition coefficient (Wildman–Crippen LogP) is 2.49. The molecule has 148 valence electrons. The Kier molecular flexibility index (Phi) is 5.17. The number of amides is 1. The molecule has 28 heavy (non-hydrogen) atoms. The van der Waals surface area contributed by atoms with Crippen molar-refractivity contribution in [3.05, 3.63) is 48.0 Å². The van der Waals surface area contributed by atoms with Gasteiger partial charge in [0.1, 0.15) is 5.82 Å². The van der Waals surface area contributed by atoms with Crippen LogP contribution in [0.25, 0.3) is 11.0 Å². The number of benzene rings is 1. The molecule has 0 saturated carbocycles. The Morgan fingerprint density at radius 2 is 2.07 bits per heavy atom. The quantitative estimate of drug-likeness (QED) is 0.684. The van der Waals surface area contributed by atoms with Crippen molar-refractivity contribution in [2.24, 2.45) is 13.0 Å². The number of likely N-dealkylation sites (tertiary alicyclic amines) is 1. The van der Waals surface area contributed by atoms with Crippen LogP contribution in [0.15, 0.2) is 36.7 Å². The molecule has 1 aliphatic rings. The monoisotopic (exact) mass is 380 g/mol. The highest BCUT2D eigenvalue weighted by Gasteiger charge is 2.38. The molecule has 1 N–H and O–H groups in total. The first-order valence-corrected chi connectivity index (χ1v) is 9.97. The van der Waals surface area contributed by atoms with Gasteiger partial charge in [-0.05, 0) is 18.6 Å². The van der Waals surface area contributed by atoms with Crippen molar-refractivity contribution in [3.8, 4) is 0 Å². The number of rotatable bonds is 7. The van der Waals surface area contributed by atoms with Gasteiger partial charge in [0.15, 0.2) is 0 Å². The lowest BCUT2D eigenvalue weighted by atomic mass is 9.96. The van der Waals surface area contributed by atoms with E-state index >= 15 is 0 Å². The number of carbonyl (C=O) groups is 1. The summed E-state index contributed by atoms with van der Waals surface area (Å²) in [5.41, 5.74) is 3.32. The van der Waals surface area contributed by atoms with Crippen molar-refractivity contribution >= 4 is 16.9 Å². The minimum atomic E-state index is 0.0724. The SMILES string of the molecule is CCCn1c(CNC[C@@H]2CC(=O)N(C)[C@H]2c2cnn(C)c2)nc2ccccc21. The van der Waals surface area contributed by atoms with Gasteiger partial charge in [-0.3, -0.25) is 9.48 Å². The summed E-state index contributed by atoms with van der Waals surface area (Å²) in [7, 11) is 3.80. The zero-order valence-corrected chi connectivity index (χ0v) is 16.8. The Labute approximate surface area is 165 Å². The average Bonchev–Trinajstić information content (AvgIpc) is 3.33. The molecule has 0 bridgehead atoms. The van der Waals surface area contributed by atoms with Crippen molar-refractivity contribution < 1.29 is 4.79 Å². The molecule has 2 atom stereocenters. The number of imidazole rings is 1. The number of carbonyl (C=O) groups excluding carboxylic acids is 1. The Hall–Kier alpha value is -2.67. The molecular weight excluding hydrogens is 352 g/mol. The topological polar surface area (TPSA) is 68.0 Å². The van der Waals surface area contributed by atoms with Gasteiger partial charge in [0.2, 0.25) is 5.91 Å². The van der Waals surface area contributed by atoms with E-state index in [-0.39, 0.29) is 17.9 Å². The van der Waals surface area contributed by atoms with Gasteiger partial charge in [0.25, 0.3) is 0 Å². The van der Waals surface area contributed by atoms with E-state index in [1.807, 2.05) is 37.5 Å². The summed E-state index contributed by atoms with van der Waals surface area (Å²) in [6.07, 6.45) is 5.51. The van der Waals surface area contributed by atoms with E-state index in [1.165, 1.54) is 5.52 Å². The lowest BCUT2D eigenvalue weighted by Gasteiger charge is -2.24. The van der Waals surface area contributed by atoms with E-state index in [4.69, 9.17) is 4.98 Å². The summed E-state index contributed by atoms with van der Waals surface area (Å²) in [6.45, 7) is 4.61. The van der Waals surface area contributed by atoms with Crippen LogP contribution in [0.3, 0.4) is 0 Å². The summed E-state index contributed by atoms with van der Waals surface area (Å²) in [5, 5.41) is 7.85. The number of fused-ring (bicyclic) bond motifs is 1. The van der Waals surface area contributed by atoms with Crippen molar-refractivity contribution in [1.29, 1.82) is 0 Å². The predicted molar refractivity (Wildman–Crippen MR) is 109 cm³/mol. The molecule has 1 aliphatic heterocycles. The largest absolute Gasteiger partial charge is 0.338 e. The van der Waals surface area contributed by atoms with Crippen LogP contribution in [0, 0.1) is 5.92 Å². The maximum absolute atomic E-state index is 12.3. The van der Waals surface area contributed by atoms with E-state index in [1.54, 1.807) is 4.68 Å². The first-order valence-electron chi connectivity index (χ1n) is 9.97. The minimum Gasteiger partial charge on any atom is -0.338 e. The molecule has 1 fully saturated rings.